The van der Waals surface area contributed by atoms with Gasteiger partial charge in [-0.2, -0.15) is 0 Å². The lowest BCUT2D eigenvalue weighted by Crippen LogP contribution is -2.12. The number of benzene rings is 1. The van der Waals surface area contributed by atoms with Crippen LogP contribution in [0.1, 0.15) is 29.3 Å². The van der Waals surface area contributed by atoms with E-state index in [1.165, 1.54) is 11.3 Å². The first kappa shape index (κ1) is 16.2. The van der Waals surface area contributed by atoms with Crippen LogP contribution in [0, 0.1) is 0 Å². The van der Waals surface area contributed by atoms with Gasteiger partial charge in [-0.15, -0.1) is 21.5 Å². The van der Waals surface area contributed by atoms with E-state index < -0.39 is 12.1 Å². The van der Waals surface area contributed by atoms with Crippen LogP contribution >= 0.6 is 11.3 Å². The van der Waals surface area contributed by atoms with Crippen molar-refractivity contribution in [3.05, 3.63) is 53.2 Å². The zero-order valence-electron chi connectivity index (χ0n) is 13.6. The van der Waals surface area contributed by atoms with Gasteiger partial charge in [-0.05, 0) is 36.6 Å². The summed E-state index contributed by atoms with van der Waals surface area (Å²) in [7, 11) is 3.83. The van der Waals surface area contributed by atoms with E-state index in [-0.39, 0.29) is 5.89 Å². The maximum Gasteiger partial charge on any atom is 0.338 e. The highest BCUT2D eigenvalue weighted by molar-refractivity contribution is 7.13. The lowest BCUT2D eigenvalue weighted by molar-refractivity contribution is 0.0280. The SMILES string of the molecule is C[C@@H](OC(=O)c1cccc(N(C)C)c1)c1nnc(-c2cccs2)o1. The number of nitrogens with zero attached hydrogens (tertiary/aromatic N) is 3. The summed E-state index contributed by atoms with van der Waals surface area (Å²) >= 11 is 1.51. The third-order valence-electron chi connectivity index (χ3n) is 3.40. The second-order valence-electron chi connectivity index (χ2n) is 5.42. The van der Waals surface area contributed by atoms with Crippen molar-refractivity contribution in [3.8, 4) is 10.8 Å². The minimum absolute atomic E-state index is 0.274. The molecule has 0 spiro atoms. The molecule has 1 aromatic carbocycles. The average Bonchev–Trinajstić information content (AvgIpc) is 3.26. The van der Waals surface area contributed by atoms with Crippen LogP contribution in [0.4, 0.5) is 5.69 Å². The molecule has 3 rings (SSSR count). The zero-order valence-corrected chi connectivity index (χ0v) is 14.4. The van der Waals surface area contributed by atoms with Gasteiger partial charge in [0.2, 0.25) is 0 Å². The van der Waals surface area contributed by atoms with Gasteiger partial charge in [-0.3, -0.25) is 0 Å². The van der Waals surface area contributed by atoms with Crippen LogP contribution in [0.25, 0.3) is 10.8 Å². The van der Waals surface area contributed by atoms with Gasteiger partial charge in [0.15, 0.2) is 6.10 Å². The number of rotatable bonds is 5. The molecule has 2 heterocycles. The Bertz CT molecular complexity index is 827. The molecule has 0 bridgehead atoms. The summed E-state index contributed by atoms with van der Waals surface area (Å²) in [6, 6.07) is 11.0. The Hall–Kier alpha value is -2.67. The van der Waals surface area contributed by atoms with Crippen molar-refractivity contribution in [2.75, 3.05) is 19.0 Å². The van der Waals surface area contributed by atoms with E-state index in [9.17, 15) is 4.79 Å². The number of carbonyl (C=O) groups is 1. The monoisotopic (exact) mass is 343 g/mol. The maximum atomic E-state index is 12.3. The van der Waals surface area contributed by atoms with Crippen molar-refractivity contribution in [2.45, 2.75) is 13.0 Å². The smallest absolute Gasteiger partial charge is 0.338 e. The molecule has 0 unspecified atom stereocenters. The maximum absolute atomic E-state index is 12.3. The van der Waals surface area contributed by atoms with Crippen molar-refractivity contribution >= 4 is 23.0 Å². The van der Waals surface area contributed by atoms with Gasteiger partial charge in [-0.25, -0.2) is 4.79 Å². The van der Waals surface area contributed by atoms with E-state index in [1.807, 2.05) is 48.6 Å². The zero-order chi connectivity index (χ0) is 17.1. The van der Waals surface area contributed by atoms with E-state index in [2.05, 4.69) is 10.2 Å². The summed E-state index contributed by atoms with van der Waals surface area (Å²) in [5.41, 5.74) is 1.40. The molecule has 0 saturated heterocycles. The normalized spacial score (nSPS) is 12.0. The second kappa shape index (κ2) is 6.84. The summed E-state index contributed by atoms with van der Waals surface area (Å²) in [5.74, 6) is 0.273. The topological polar surface area (TPSA) is 68.5 Å². The average molecular weight is 343 g/mol. The molecule has 0 saturated carbocycles. The highest BCUT2D eigenvalue weighted by Gasteiger charge is 2.20. The van der Waals surface area contributed by atoms with Crippen molar-refractivity contribution in [3.63, 3.8) is 0 Å². The largest absolute Gasteiger partial charge is 0.449 e. The standard InChI is InChI=1S/C17H17N3O3S/c1-11(15-18-19-16(23-15)14-8-5-9-24-14)22-17(21)12-6-4-7-13(10-12)20(2)3/h4-11H,1-3H3/t11-/m1/s1. The molecular formula is C17H17N3O3S. The molecule has 0 aliphatic rings. The Morgan fingerprint density at radius 3 is 2.79 bits per heavy atom. The van der Waals surface area contributed by atoms with Gasteiger partial charge >= 0.3 is 5.97 Å². The molecule has 0 N–H and O–H groups in total. The van der Waals surface area contributed by atoms with Crippen LogP contribution < -0.4 is 4.90 Å². The molecule has 0 aliphatic heterocycles. The van der Waals surface area contributed by atoms with E-state index in [1.54, 1.807) is 19.1 Å². The number of anilines is 1. The number of hydrogen-bond acceptors (Lipinski definition) is 7. The van der Waals surface area contributed by atoms with E-state index in [0.717, 1.165) is 10.6 Å². The summed E-state index contributed by atoms with van der Waals surface area (Å²) in [6.07, 6.45) is -0.623. The minimum atomic E-state index is -0.623. The summed E-state index contributed by atoms with van der Waals surface area (Å²) in [4.78, 5) is 15.1. The van der Waals surface area contributed by atoms with Crippen LogP contribution in [-0.2, 0) is 4.74 Å². The molecule has 0 radical (unpaired) electrons. The molecule has 0 amide bonds. The van der Waals surface area contributed by atoms with Crippen LogP contribution in [0.5, 0.6) is 0 Å². The second-order valence-corrected chi connectivity index (χ2v) is 6.36. The first-order chi connectivity index (χ1) is 11.5. The van der Waals surface area contributed by atoms with Gasteiger partial charge < -0.3 is 14.1 Å². The van der Waals surface area contributed by atoms with Crippen LogP contribution in [0.15, 0.2) is 46.2 Å². The quantitative estimate of drug-likeness (QED) is 0.657. The number of esters is 1. The molecule has 24 heavy (non-hydrogen) atoms. The molecule has 6 nitrogen and oxygen atoms in total. The molecule has 0 aliphatic carbocycles. The van der Waals surface area contributed by atoms with E-state index in [4.69, 9.17) is 9.15 Å². The van der Waals surface area contributed by atoms with E-state index in [0.29, 0.717) is 11.5 Å². The van der Waals surface area contributed by atoms with Crippen molar-refractivity contribution in [2.24, 2.45) is 0 Å². The first-order valence-electron chi connectivity index (χ1n) is 7.40. The van der Waals surface area contributed by atoms with Crippen LogP contribution in [-0.4, -0.2) is 30.3 Å². The summed E-state index contributed by atoms with van der Waals surface area (Å²) in [6.45, 7) is 1.71. The van der Waals surface area contributed by atoms with Crippen molar-refractivity contribution in [1.29, 1.82) is 0 Å². The Morgan fingerprint density at radius 1 is 1.25 bits per heavy atom. The Kier molecular flexibility index (Phi) is 4.61. The van der Waals surface area contributed by atoms with Gasteiger partial charge in [0.1, 0.15) is 0 Å². The molecule has 2 aromatic heterocycles. The van der Waals surface area contributed by atoms with Crippen molar-refractivity contribution < 1.29 is 13.9 Å². The predicted octanol–water partition coefficient (Wildman–Crippen LogP) is 3.78. The van der Waals surface area contributed by atoms with Crippen LogP contribution in [0.2, 0.25) is 0 Å². The van der Waals surface area contributed by atoms with Gasteiger partial charge in [0, 0.05) is 19.8 Å². The first-order valence-corrected chi connectivity index (χ1v) is 8.28. The molecule has 124 valence electrons. The fourth-order valence-electron chi connectivity index (χ4n) is 2.09. The van der Waals surface area contributed by atoms with Gasteiger partial charge in [0.25, 0.3) is 11.8 Å². The highest BCUT2D eigenvalue weighted by Crippen LogP contribution is 2.26. The third kappa shape index (κ3) is 3.46. The Labute approximate surface area is 143 Å². The number of carbonyl (C=O) groups excluding carboxylic acids is 1. The minimum Gasteiger partial charge on any atom is -0.449 e. The van der Waals surface area contributed by atoms with Crippen molar-refractivity contribution in [1.82, 2.24) is 10.2 Å². The number of aromatic nitrogens is 2. The Morgan fingerprint density at radius 2 is 2.08 bits per heavy atom. The lowest BCUT2D eigenvalue weighted by Gasteiger charge is -2.14. The molecule has 0 fully saturated rings. The van der Waals surface area contributed by atoms with E-state index >= 15 is 0 Å². The fourth-order valence-corrected chi connectivity index (χ4v) is 2.73. The summed E-state index contributed by atoms with van der Waals surface area (Å²) in [5, 5.41) is 9.89. The van der Waals surface area contributed by atoms with Crippen LogP contribution in [0.3, 0.4) is 0 Å². The highest BCUT2D eigenvalue weighted by atomic mass is 32.1. The van der Waals surface area contributed by atoms with Gasteiger partial charge in [0.05, 0.1) is 10.4 Å². The lowest BCUT2D eigenvalue weighted by atomic mass is 10.2. The Balaban J connectivity index is 1.71. The molecule has 7 heteroatoms. The number of thiophene rings is 1. The fraction of sp³-hybridized carbons (Fsp3) is 0.235. The third-order valence-corrected chi connectivity index (χ3v) is 4.26. The molecule has 3 aromatic rings. The predicted molar refractivity (Wildman–Crippen MR) is 92.2 cm³/mol. The number of hydrogen-bond donors (Lipinski definition) is 0. The van der Waals surface area contributed by atoms with Gasteiger partial charge in [-0.1, -0.05) is 12.1 Å². The summed E-state index contributed by atoms with van der Waals surface area (Å²) < 4.78 is 11.0. The molecule has 1 atom stereocenters. The molecular weight excluding hydrogens is 326 g/mol. The number of ether oxygens (including phenoxy) is 1.